The summed E-state index contributed by atoms with van der Waals surface area (Å²) >= 11 is 7.47. The minimum Gasteiger partial charge on any atom is -0.494 e. The van der Waals surface area contributed by atoms with E-state index in [2.05, 4.69) is 5.32 Å². The molecule has 31 heavy (non-hydrogen) atoms. The van der Waals surface area contributed by atoms with Crippen LogP contribution in [0.2, 0.25) is 5.02 Å². The first-order valence-electron chi connectivity index (χ1n) is 9.39. The molecule has 3 rings (SSSR count). The number of rotatable bonds is 7. The molecule has 0 spiro atoms. The van der Waals surface area contributed by atoms with Gasteiger partial charge in [0.05, 0.1) is 12.2 Å². The number of thioether (sulfide) groups is 1. The van der Waals surface area contributed by atoms with E-state index in [1.54, 1.807) is 42.1 Å². The monoisotopic (exact) mass is 465 g/mol. The minimum atomic E-state index is -4.48. The summed E-state index contributed by atoms with van der Waals surface area (Å²) in [5.74, 6) is 0.696. The van der Waals surface area contributed by atoms with Crippen molar-refractivity contribution in [2.24, 2.45) is 0 Å². The van der Waals surface area contributed by atoms with Gasteiger partial charge in [-0.25, -0.2) is 0 Å². The van der Waals surface area contributed by atoms with Crippen LogP contribution in [0.3, 0.4) is 0 Å². The third-order valence-corrected chi connectivity index (χ3v) is 5.59. The summed E-state index contributed by atoms with van der Waals surface area (Å²) in [4.78, 5) is 13.7. The number of amides is 1. The molecule has 0 unspecified atom stereocenters. The lowest BCUT2D eigenvalue weighted by molar-refractivity contribution is -0.137. The van der Waals surface area contributed by atoms with Crippen LogP contribution in [0, 0.1) is 0 Å². The van der Waals surface area contributed by atoms with Crippen molar-refractivity contribution in [2.45, 2.75) is 23.7 Å². The van der Waals surface area contributed by atoms with Crippen molar-refractivity contribution in [1.82, 2.24) is 0 Å². The van der Waals surface area contributed by atoms with Gasteiger partial charge in [-0.3, -0.25) is 4.79 Å². The highest BCUT2D eigenvalue weighted by Gasteiger charge is 2.30. The Bertz CT molecular complexity index is 1060. The molecular weight excluding hydrogens is 447 g/mol. The summed E-state index contributed by atoms with van der Waals surface area (Å²) in [5, 5.41) is 3.17. The van der Waals surface area contributed by atoms with Gasteiger partial charge >= 0.3 is 6.18 Å². The van der Waals surface area contributed by atoms with Crippen LogP contribution in [0.5, 0.6) is 5.75 Å². The number of benzene rings is 3. The fourth-order valence-corrected chi connectivity index (χ4v) is 3.80. The molecule has 0 aromatic heterocycles. The first-order valence-corrected chi connectivity index (χ1v) is 10.8. The van der Waals surface area contributed by atoms with Crippen molar-refractivity contribution in [3.63, 3.8) is 0 Å². The Kier molecular flexibility index (Phi) is 7.51. The van der Waals surface area contributed by atoms with E-state index in [1.165, 1.54) is 12.1 Å². The van der Waals surface area contributed by atoms with E-state index < -0.39 is 17.6 Å². The Morgan fingerprint density at radius 2 is 1.81 bits per heavy atom. The topological polar surface area (TPSA) is 38.3 Å². The Hall–Kier alpha value is -2.64. The van der Waals surface area contributed by atoms with Crippen LogP contribution in [0.1, 0.15) is 28.4 Å². The van der Waals surface area contributed by atoms with Gasteiger partial charge < -0.3 is 10.1 Å². The van der Waals surface area contributed by atoms with E-state index in [4.69, 9.17) is 16.3 Å². The normalized spacial score (nSPS) is 11.3. The number of hydrogen-bond acceptors (Lipinski definition) is 3. The minimum absolute atomic E-state index is 0.0748. The van der Waals surface area contributed by atoms with Crippen LogP contribution in [-0.4, -0.2) is 12.5 Å². The summed E-state index contributed by atoms with van der Waals surface area (Å²) in [6, 6.07) is 16.9. The fourth-order valence-electron chi connectivity index (χ4n) is 2.80. The molecular formula is C23H19ClF3NO2S. The average molecular weight is 466 g/mol. The lowest BCUT2D eigenvalue weighted by Gasteiger charge is -2.13. The van der Waals surface area contributed by atoms with Gasteiger partial charge in [-0.15, -0.1) is 11.8 Å². The van der Waals surface area contributed by atoms with Crippen molar-refractivity contribution >= 4 is 35.0 Å². The second-order valence-corrected chi connectivity index (χ2v) is 8.02. The van der Waals surface area contributed by atoms with Crippen LogP contribution in [0.25, 0.3) is 0 Å². The fraction of sp³-hybridized carbons (Fsp3) is 0.174. The van der Waals surface area contributed by atoms with Gasteiger partial charge in [-0.1, -0.05) is 17.7 Å². The summed E-state index contributed by atoms with van der Waals surface area (Å²) < 4.78 is 44.4. The zero-order chi connectivity index (χ0) is 22.4. The molecule has 1 N–H and O–H groups in total. The lowest BCUT2D eigenvalue weighted by Crippen LogP contribution is -2.13. The number of alkyl halides is 3. The van der Waals surface area contributed by atoms with Gasteiger partial charge in [0.1, 0.15) is 5.75 Å². The Balaban J connectivity index is 1.78. The SMILES string of the molecule is CCOc1ccc(C(=O)Nc2cccc(C(F)(F)F)c2)cc1CSc1ccc(Cl)cc1. The third-order valence-electron chi connectivity index (χ3n) is 4.28. The molecule has 0 saturated heterocycles. The Morgan fingerprint density at radius 3 is 2.48 bits per heavy atom. The smallest absolute Gasteiger partial charge is 0.416 e. The number of hydrogen-bond donors (Lipinski definition) is 1. The third kappa shape index (κ3) is 6.42. The molecule has 0 aliphatic heterocycles. The van der Waals surface area contributed by atoms with Gasteiger partial charge in [-0.05, 0) is 67.6 Å². The number of halogens is 4. The molecule has 3 aromatic carbocycles. The number of carbonyl (C=O) groups is 1. The molecule has 0 heterocycles. The van der Waals surface area contributed by atoms with Crippen molar-refractivity contribution in [3.05, 3.63) is 88.4 Å². The Morgan fingerprint density at radius 1 is 1.06 bits per heavy atom. The predicted molar refractivity (Wildman–Crippen MR) is 118 cm³/mol. The number of nitrogens with one attached hydrogen (secondary N) is 1. The maximum atomic E-state index is 12.9. The quantitative estimate of drug-likeness (QED) is 0.372. The molecule has 0 aliphatic carbocycles. The standard InChI is InChI=1S/C23H19ClF3NO2S/c1-2-30-21-11-6-15(12-16(21)14-31-20-9-7-18(24)8-10-20)22(29)28-19-5-3-4-17(13-19)23(25,26)27/h3-13H,2,14H2,1H3,(H,28,29). The maximum absolute atomic E-state index is 12.9. The number of carbonyl (C=O) groups excluding carboxylic acids is 1. The molecule has 0 radical (unpaired) electrons. The molecule has 0 atom stereocenters. The number of anilines is 1. The average Bonchev–Trinajstić information content (AvgIpc) is 2.74. The zero-order valence-electron chi connectivity index (χ0n) is 16.5. The van der Waals surface area contributed by atoms with E-state index in [0.29, 0.717) is 28.7 Å². The summed E-state index contributed by atoms with van der Waals surface area (Å²) in [7, 11) is 0. The largest absolute Gasteiger partial charge is 0.494 e. The van der Waals surface area contributed by atoms with Crippen molar-refractivity contribution in [2.75, 3.05) is 11.9 Å². The molecule has 162 valence electrons. The zero-order valence-corrected chi connectivity index (χ0v) is 18.1. The van der Waals surface area contributed by atoms with Crippen LogP contribution in [-0.2, 0) is 11.9 Å². The molecule has 0 saturated carbocycles. The second-order valence-electron chi connectivity index (χ2n) is 6.53. The molecule has 0 bridgehead atoms. The highest BCUT2D eigenvalue weighted by molar-refractivity contribution is 7.98. The van der Waals surface area contributed by atoms with E-state index in [0.717, 1.165) is 22.6 Å². The first kappa shape index (κ1) is 23.0. The van der Waals surface area contributed by atoms with Gasteiger partial charge in [-0.2, -0.15) is 13.2 Å². The summed E-state index contributed by atoms with van der Waals surface area (Å²) in [6.07, 6.45) is -4.48. The highest BCUT2D eigenvalue weighted by Crippen LogP contribution is 2.32. The molecule has 0 fully saturated rings. The van der Waals surface area contributed by atoms with Crippen LogP contribution in [0.4, 0.5) is 18.9 Å². The molecule has 0 aliphatic rings. The lowest BCUT2D eigenvalue weighted by atomic mass is 10.1. The van der Waals surface area contributed by atoms with E-state index in [1.807, 2.05) is 19.1 Å². The van der Waals surface area contributed by atoms with Gasteiger partial charge in [0.15, 0.2) is 0 Å². The van der Waals surface area contributed by atoms with Gasteiger partial charge in [0.2, 0.25) is 0 Å². The molecule has 3 nitrogen and oxygen atoms in total. The van der Waals surface area contributed by atoms with Crippen LogP contribution in [0.15, 0.2) is 71.6 Å². The highest BCUT2D eigenvalue weighted by atomic mass is 35.5. The van der Waals surface area contributed by atoms with Crippen molar-refractivity contribution in [3.8, 4) is 5.75 Å². The molecule has 8 heteroatoms. The summed E-state index contributed by atoms with van der Waals surface area (Å²) in [5.41, 5.74) is 0.383. The molecule has 1 amide bonds. The second kappa shape index (κ2) is 10.1. The predicted octanol–water partition coefficient (Wildman–Crippen LogP) is 7.30. The number of ether oxygens (including phenoxy) is 1. The first-order chi connectivity index (χ1) is 14.8. The van der Waals surface area contributed by atoms with E-state index >= 15 is 0 Å². The van der Waals surface area contributed by atoms with Gasteiger partial charge in [0.25, 0.3) is 5.91 Å². The van der Waals surface area contributed by atoms with Crippen molar-refractivity contribution in [1.29, 1.82) is 0 Å². The summed E-state index contributed by atoms with van der Waals surface area (Å²) in [6.45, 7) is 2.33. The maximum Gasteiger partial charge on any atom is 0.416 e. The van der Waals surface area contributed by atoms with Crippen LogP contribution < -0.4 is 10.1 Å². The molecule has 3 aromatic rings. The van der Waals surface area contributed by atoms with Crippen LogP contribution >= 0.6 is 23.4 Å². The van der Waals surface area contributed by atoms with E-state index in [-0.39, 0.29) is 5.69 Å². The van der Waals surface area contributed by atoms with Gasteiger partial charge in [0, 0.05) is 32.5 Å². The van der Waals surface area contributed by atoms with E-state index in [9.17, 15) is 18.0 Å². The van der Waals surface area contributed by atoms with Crippen molar-refractivity contribution < 1.29 is 22.7 Å². The Labute approximate surface area is 187 Å².